The molecule has 1 heterocycles. The number of thioether (sulfide) groups is 1. The van der Waals surface area contributed by atoms with Crippen molar-refractivity contribution >= 4 is 35.2 Å². The third-order valence-electron chi connectivity index (χ3n) is 3.71. The number of nitrogens with one attached hydrogen (secondary N) is 1. The lowest BCUT2D eigenvalue weighted by Crippen LogP contribution is -2.41. The maximum Gasteiger partial charge on any atom is 0.239 e. The standard InChI is InChI=1S/C19H24ClN5O2S/c1-5-10-25-18(14-6-8-15(20)9-7-14)22-23-19(25)28-12-17(27)24(4)11-16(26)21-13(2)3/h5-9,13H,1,10-12H2,2-4H3,(H,21,26). The fourth-order valence-electron chi connectivity index (χ4n) is 2.41. The summed E-state index contributed by atoms with van der Waals surface area (Å²) in [5.41, 5.74) is 0.874. The molecule has 0 aliphatic carbocycles. The van der Waals surface area contributed by atoms with Crippen molar-refractivity contribution in [2.24, 2.45) is 0 Å². The van der Waals surface area contributed by atoms with Gasteiger partial charge >= 0.3 is 0 Å². The Morgan fingerprint density at radius 2 is 2.00 bits per heavy atom. The van der Waals surface area contributed by atoms with Crippen molar-refractivity contribution in [1.82, 2.24) is 25.0 Å². The van der Waals surface area contributed by atoms with Gasteiger partial charge in [0.15, 0.2) is 11.0 Å². The minimum atomic E-state index is -0.185. The van der Waals surface area contributed by atoms with Crippen molar-refractivity contribution in [3.63, 3.8) is 0 Å². The van der Waals surface area contributed by atoms with Crippen LogP contribution in [0, 0.1) is 0 Å². The maximum absolute atomic E-state index is 12.4. The van der Waals surface area contributed by atoms with Crippen LogP contribution in [0.1, 0.15) is 13.8 Å². The van der Waals surface area contributed by atoms with Crippen LogP contribution in [-0.4, -0.2) is 56.9 Å². The molecule has 9 heteroatoms. The highest BCUT2D eigenvalue weighted by atomic mass is 35.5. The molecule has 0 bridgehead atoms. The van der Waals surface area contributed by atoms with Gasteiger partial charge < -0.3 is 10.2 Å². The van der Waals surface area contributed by atoms with Gasteiger partial charge in [0.25, 0.3) is 0 Å². The molecule has 0 saturated carbocycles. The molecule has 1 N–H and O–H groups in total. The molecule has 1 aromatic carbocycles. The number of hydrogen-bond acceptors (Lipinski definition) is 5. The normalized spacial score (nSPS) is 10.8. The van der Waals surface area contributed by atoms with Crippen LogP contribution in [0.15, 0.2) is 42.1 Å². The molecule has 150 valence electrons. The molecule has 2 rings (SSSR count). The van der Waals surface area contributed by atoms with Gasteiger partial charge in [0.05, 0.1) is 12.3 Å². The number of carbonyl (C=O) groups is 2. The predicted octanol–water partition coefficient (Wildman–Crippen LogP) is 2.86. The summed E-state index contributed by atoms with van der Waals surface area (Å²) in [6.07, 6.45) is 1.75. The third-order valence-corrected chi connectivity index (χ3v) is 4.92. The zero-order chi connectivity index (χ0) is 20.7. The van der Waals surface area contributed by atoms with Gasteiger partial charge in [-0.2, -0.15) is 0 Å². The first-order chi connectivity index (χ1) is 13.3. The van der Waals surface area contributed by atoms with Crippen LogP contribution in [0.4, 0.5) is 0 Å². The monoisotopic (exact) mass is 421 g/mol. The second kappa shape index (κ2) is 10.3. The van der Waals surface area contributed by atoms with E-state index in [9.17, 15) is 9.59 Å². The van der Waals surface area contributed by atoms with Crippen LogP contribution >= 0.6 is 23.4 Å². The smallest absolute Gasteiger partial charge is 0.239 e. The summed E-state index contributed by atoms with van der Waals surface area (Å²) in [6.45, 7) is 8.06. The van der Waals surface area contributed by atoms with Crippen LogP contribution in [0.2, 0.25) is 5.02 Å². The summed E-state index contributed by atoms with van der Waals surface area (Å²) < 4.78 is 1.89. The molecule has 28 heavy (non-hydrogen) atoms. The van der Waals surface area contributed by atoms with Gasteiger partial charge in [0, 0.05) is 30.2 Å². The van der Waals surface area contributed by atoms with Crippen LogP contribution in [0.5, 0.6) is 0 Å². The predicted molar refractivity (Wildman–Crippen MR) is 112 cm³/mol. The van der Waals surface area contributed by atoms with E-state index in [0.29, 0.717) is 22.5 Å². The average Bonchev–Trinajstić information content (AvgIpc) is 3.02. The molecule has 0 radical (unpaired) electrons. The Bertz CT molecular complexity index is 835. The van der Waals surface area contributed by atoms with Crippen molar-refractivity contribution in [2.75, 3.05) is 19.3 Å². The number of amides is 2. The van der Waals surface area contributed by atoms with Crippen LogP contribution in [0.3, 0.4) is 0 Å². The van der Waals surface area contributed by atoms with Crippen molar-refractivity contribution in [2.45, 2.75) is 31.6 Å². The first-order valence-electron chi connectivity index (χ1n) is 8.78. The van der Waals surface area contributed by atoms with Crippen LogP contribution < -0.4 is 5.32 Å². The Morgan fingerprint density at radius 3 is 2.61 bits per heavy atom. The van der Waals surface area contributed by atoms with Crippen LogP contribution in [0.25, 0.3) is 11.4 Å². The molecule has 0 fully saturated rings. The van der Waals surface area contributed by atoms with E-state index < -0.39 is 0 Å². The summed E-state index contributed by atoms with van der Waals surface area (Å²) in [5, 5.41) is 12.5. The average molecular weight is 422 g/mol. The Kier molecular flexibility index (Phi) is 8.07. The molecule has 0 aliphatic rings. The SMILES string of the molecule is C=CCn1c(SCC(=O)N(C)CC(=O)NC(C)C)nnc1-c1ccc(Cl)cc1. The van der Waals surface area contributed by atoms with E-state index in [4.69, 9.17) is 11.6 Å². The van der Waals surface area contributed by atoms with E-state index >= 15 is 0 Å². The third kappa shape index (κ3) is 6.10. The molecule has 0 atom stereocenters. The molecular formula is C19H24ClN5O2S. The Balaban J connectivity index is 2.05. The highest BCUT2D eigenvalue weighted by molar-refractivity contribution is 7.99. The Morgan fingerprint density at radius 1 is 1.32 bits per heavy atom. The van der Waals surface area contributed by atoms with Crippen LogP contribution in [-0.2, 0) is 16.1 Å². The minimum absolute atomic E-state index is 0.0208. The number of nitrogens with zero attached hydrogens (tertiary/aromatic N) is 4. The van der Waals surface area contributed by atoms with E-state index in [1.165, 1.54) is 16.7 Å². The van der Waals surface area contributed by atoms with Crippen molar-refractivity contribution in [3.05, 3.63) is 41.9 Å². The lowest BCUT2D eigenvalue weighted by atomic mass is 10.2. The number of allylic oxidation sites excluding steroid dienone is 1. The summed E-state index contributed by atoms with van der Waals surface area (Å²) in [4.78, 5) is 25.6. The van der Waals surface area contributed by atoms with Gasteiger partial charge in [0.2, 0.25) is 11.8 Å². The number of aromatic nitrogens is 3. The van der Waals surface area contributed by atoms with Crippen molar-refractivity contribution in [1.29, 1.82) is 0 Å². The fraction of sp³-hybridized carbons (Fsp3) is 0.368. The summed E-state index contributed by atoms with van der Waals surface area (Å²) >= 11 is 7.23. The molecule has 2 aromatic rings. The maximum atomic E-state index is 12.4. The molecular weight excluding hydrogens is 398 g/mol. The van der Waals surface area contributed by atoms with Gasteiger partial charge in [0.1, 0.15) is 0 Å². The molecule has 0 aliphatic heterocycles. The van der Waals surface area contributed by atoms with Crippen molar-refractivity contribution in [3.8, 4) is 11.4 Å². The number of halogens is 1. The molecule has 0 unspecified atom stereocenters. The summed E-state index contributed by atoms with van der Waals surface area (Å²) in [6, 6.07) is 7.35. The lowest BCUT2D eigenvalue weighted by molar-refractivity contribution is -0.132. The fourth-order valence-corrected chi connectivity index (χ4v) is 3.42. The van der Waals surface area contributed by atoms with E-state index in [1.807, 2.05) is 30.5 Å². The van der Waals surface area contributed by atoms with Gasteiger partial charge in [-0.25, -0.2) is 0 Å². The number of likely N-dealkylation sites (N-methyl/N-ethyl adjacent to an activating group) is 1. The number of carbonyl (C=O) groups excluding carboxylic acids is 2. The Hall–Kier alpha value is -2.32. The highest BCUT2D eigenvalue weighted by Crippen LogP contribution is 2.25. The van der Waals surface area contributed by atoms with E-state index in [1.54, 1.807) is 25.3 Å². The minimum Gasteiger partial charge on any atom is -0.352 e. The summed E-state index contributed by atoms with van der Waals surface area (Å²) in [7, 11) is 1.61. The van der Waals surface area contributed by atoms with E-state index in [-0.39, 0.29) is 30.2 Å². The highest BCUT2D eigenvalue weighted by Gasteiger charge is 2.18. The molecule has 1 aromatic heterocycles. The number of hydrogen-bond donors (Lipinski definition) is 1. The molecule has 2 amide bonds. The van der Waals surface area contributed by atoms with Gasteiger partial charge in [-0.05, 0) is 38.1 Å². The zero-order valence-corrected chi connectivity index (χ0v) is 17.8. The first-order valence-corrected chi connectivity index (χ1v) is 10.1. The molecule has 7 nitrogen and oxygen atoms in total. The van der Waals surface area contributed by atoms with Gasteiger partial charge in [-0.1, -0.05) is 29.4 Å². The second-order valence-corrected chi connectivity index (χ2v) is 7.85. The van der Waals surface area contributed by atoms with Gasteiger partial charge in [-0.3, -0.25) is 14.2 Å². The van der Waals surface area contributed by atoms with E-state index in [2.05, 4.69) is 22.1 Å². The first kappa shape index (κ1) is 22.0. The second-order valence-electron chi connectivity index (χ2n) is 6.47. The quantitative estimate of drug-likeness (QED) is 0.497. The topological polar surface area (TPSA) is 80.1 Å². The summed E-state index contributed by atoms with van der Waals surface area (Å²) in [5.74, 6) is 0.485. The van der Waals surface area contributed by atoms with Gasteiger partial charge in [-0.15, -0.1) is 16.8 Å². The van der Waals surface area contributed by atoms with E-state index in [0.717, 1.165) is 5.56 Å². The number of benzene rings is 1. The Labute approximate surface area is 174 Å². The lowest BCUT2D eigenvalue weighted by Gasteiger charge is -2.17. The molecule has 0 spiro atoms. The van der Waals surface area contributed by atoms with Crippen molar-refractivity contribution < 1.29 is 9.59 Å². The number of rotatable bonds is 9. The molecule has 0 saturated heterocycles. The largest absolute Gasteiger partial charge is 0.352 e. The zero-order valence-electron chi connectivity index (χ0n) is 16.2.